The SMILES string of the molecule is CC(C)CC(=O)Nc1ccc(C#CCCO)cc1F. The van der Waals surface area contributed by atoms with Crippen molar-refractivity contribution in [3.05, 3.63) is 29.6 Å². The Balaban J connectivity index is 2.73. The predicted molar refractivity (Wildman–Crippen MR) is 73.1 cm³/mol. The number of rotatable bonds is 4. The number of carbonyl (C=O) groups is 1. The minimum atomic E-state index is -0.507. The first-order chi connectivity index (χ1) is 9.02. The van der Waals surface area contributed by atoms with Gasteiger partial charge in [0.1, 0.15) is 5.82 Å². The molecule has 0 saturated carbocycles. The van der Waals surface area contributed by atoms with Crippen LogP contribution in [-0.4, -0.2) is 17.6 Å². The van der Waals surface area contributed by atoms with Crippen LogP contribution >= 0.6 is 0 Å². The topological polar surface area (TPSA) is 49.3 Å². The maximum Gasteiger partial charge on any atom is 0.224 e. The molecule has 0 heterocycles. The van der Waals surface area contributed by atoms with Crippen LogP contribution in [0.2, 0.25) is 0 Å². The van der Waals surface area contributed by atoms with E-state index in [4.69, 9.17) is 5.11 Å². The number of carbonyl (C=O) groups excluding carboxylic acids is 1. The largest absolute Gasteiger partial charge is 0.395 e. The molecule has 1 aromatic carbocycles. The molecular formula is C15H18FNO2. The summed E-state index contributed by atoms with van der Waals surface area (Å²) in [4.78, 5) is 11.5. The van der Waals surface area contributed by atoms with E-state index in [1.165, 1.54) is 12.1 Å². The third-order valence-corrected chi connectivity index (χ3v) is 2.31. The highest BCUT2D eigenvalue weighted by molar-refractivity contribution is 5.91. The Morgan fingerprint density at radius 3 is 2.79 bits per heavy atom. The van der Waals surface area contributed by atoms with E-state index in [2.05, 4.69) is 17.2 Å². The maximum atomic E-state index is 13.7. The second-order valence-electron chi connectivity index (χ2n) is 4.62. The van der Waals surface area contributed by atoms with Crippen LogP contribution in [0.1, 0.15) is 32.3 Å². The van der Waals surface area contributed by atoms with Gasteiger partial charge >= 0.3 is 0 Å². The number of hydrogen-bond acceptors (Lipinski definition) is 2. The van der Waals surface area contributed by atoms with Crippen LogP contribution in [0, 0.1) is 23.6 Å². The van der Waals surface area contributed by atoms with Gasteiger partial charge in [0.05, 0.1) is 12.3 Å². The maximum absolute atomic E-state index is 13.7. The molecule has 0 aliphatic rings. The summed E-state index contributed by atoms with van der Waals surface area (Å²) in [6.45, 7) is 3.84. The number of aliphatic hydroxyl groups excluding tert-OH is 1. The summed E-state index contributed by atoms with van der Waals surface area (Å²) in [5.41, 5.74) is 0.686. The zero-order chi connectivity index (χ0) is 14.3. The zero-order valence-corrected chi connectivity index (χ0v) is 11.2. The molecular weight excluding hydrogens is 245 g/mol. The summed E-state index contributed by atoms with van der Waals surface area (Å²) in [6.07, 6.45) is 0.714. The number of nitrogens with one attached hydrogen (secondary N) is 1. The Morgan fingerprint density at radius 1 is 1.47 bits per heavy atom. The van der Waals surface area contributed by atoms with Gasteiger partial charge in [0, 0.05) is 18.4 Å². The quantitative estimate of drug-likeness (QED) is 0.820. The van der Waals surface area contributed by atoms with Crippen molar-refractivity contribution >= 4 is 11.6 Å². The number of benzene rings is 1. The Hall–Kier alpha value is -1.86. The fourth-order valence-electron chi connectivity index (χ4n) is 1.49. The number of aliphatic hydroxyl groups is 1. The summed E-state index contributed by atoms with van der Waals surface area (Å²) in [7, 11) is 0. The van der Waals surface area contributed by atoms with Gasteiger partial charge in [-0.2, -0.15) is 0 Å². The van der Waals surface area contributed by atoms with E-state index in [1.54, 1.807) is 6.07 Å². The zero-order valence-electron chi connectivity index (χ0n) is 11.2. The molecule has 2 N–H and O–H groups in total. The lowest BCUT2D eigenvalue weighted by Crippen LogP contribution is -2.14. The number of amides is 1. The molecule has 0 aliphatic carbocycles. The molecule has 4 heteroatoms. The second-order valence-corrected chi connectivity index (χ2v) is 4.62. The van der Waals surface area contributed by atoms with E-state index in [1.807, 2.05) is 13.8 Å². The van der Waals surface area contributed by atoms with Crippen molar-refractivity contribution in [2.75, 3.05) is 11.9 Å². The minimum Gasteiger partial charge on any atom is -0.395 e. The standard InChI is InChI=1S/C15H18FNO2/c1-11(2)9-15(19)17-14-7-6-12(10-13(14)16)5-3-4-8-18/h6-7,10-11,18H,4,8-9H2,1-2H3,(H,17,19). The van der Waals surface area contributed by atoms with Gasteiger partial charge < -0.3 is 10.4 Å². The Morgan fingerprint density at radius 2 is 2.21 bits per heavy atom. The molecule has 1 amide bonds. The molecule has 0 radical (unpaired) electrons. The molecule has 0 bridgehead atoms. The van der Waals surface area contributed by atoms with Crippen molar-refractivity contribution in [2.24, 2.45) is 5.92 Å². The average molecular weight is 263 g/mol. The summed E-state index contributed by atoms with van der Waals surface area (Å²) in [6, 6.07) is 4.41. The highest BCUT2D eigenvalue weighted by Gasteiger charge is 2.08. The van der Waals surface area contributed by atoms with Gasteiger partial charge in [0.2, 0.25) is 5.91 Å². The molecule has 0 fully saturated rings. The predicted octanol–water partition coefficient (Wildman–Crippen LogP) is 2.54. The molecule has 1 aromatic rings. The van der Waals surface area contributed by atoms with Gasteiger partial charge in [0.15, 0.2) is 0 Å². The molecule has 0 aromatic heterocycles. The van der Waals surface area contributed by atoms with Gasteiger partial charge in [-0.15, -0.1) is 0 Å². The summed E-state index contributed by atoms with van der Waals surface area (Å²) in [5.74, 6) is 4.97. The monoisotopic (exact) mass is 263 g/mol. The molecule has 0 spiro atoms. The Kier molecular flexibility index (Phi) is 6.04. The van der Waals surface area contributed by atoms with E-state index in [0.29, 0.717) is 18.4 Å². The molecule has 0 unspecified atom stereocenters. The van der Waals surface area contributed by atoms with E-state index in [-0.39, 0.29) is 24.1 Å². The lowest BCUT2D eigenvalue weighted by Gasteiger charge is -2.08. The molecule has 0 saturated heterocycles. The molecule has 3 nitrogen and oxygen atoms in total. The van der Waals surface area contributed by atoms with Crippen LogP contribution < -0.4 is 5.32 Å². The van der Waals surface area contributed by atoms with Gasteiger partial charge in [-0.05, 0) is 24.1 Å². The Bertz CT molecular complexity index is 501. The summed E-state index contributed by atoms with van der Waals surface area (Å²) >= 11 is 0. The van der Waals surface area contributed by atoms with Gasteiger partial charge in [-0.3, -0.25) is 4.79 Å². The summed E-state index contributed by atoms with van der Waals surface area (Å²) in [5, 5.41) is 11.1. The van der Waals surface area contributed by atoms with E-state index in [9.17, 15) is 9.18 Å². The normalized spacial score (nSPS) is 9.95. The molecule has 0 aliphatic heterocycles. The third-order valence-electron chi connectivity index (χ3n) is 2.31. The second kappa shape index (κ2) is 7.55. The van der Waals surface area contributed by atoms with Crippen molar-refractivity contribution in [3.8, 4) is 11.8 Å². The fraction of sp³-hybridized carbons (Fsp3) is 0.400. The Labute approximate surface area is 112 Å². The lowest BCUT2D eigenvalue weighted by atomic mass is 10.1. The highest BCUT2D eigenvalue weighted by Crippen LogP contribution is 2.16. The van der Waals surface area contributed by atoms with Crippen molar-refractivity contribution in [2.45, 2.75) is 26.7 Å². The number of anilines is 1. The first-order valence-corrected chi connectivity index (χ1v) is 6.22. The molecule has 0 atom stereocenters. The van der Waals surface area contributed by atoms with Crippen LogP contribution in [0.3, 0.4) is 0 Å². The first-order valence-electron chi connectivity index (χ1n) is 6.22. The van der Waals surface area contributed by atoms with Crippen LogP contribution in [0.5, 0.6) is 0 Å². The van der Waals surface area contributed by atoms with E-state index < -0.39 is 5.82 Å². The van der Waals surface area contributed by atoms with Crippen molar-refractivity contribution in [1.82, 2.24) is 0 Å². The van der Waals surface area contributed by atoms with E-state index >= 15 is 0 Å². The third kappa shape index (κ3) is 5.54. The van der Waals surface area contributed by atoms with E-state index in [0.717, 1.165) is 0 Å². The first kappa shape index (κ1) is 15.2. The average Bonchev–Trinajstić information content (AvgIpc) is 2.32. The van der Waals surface area contributed by atoms with Crippen LogP contribution in [0.15, 0.2) is 18.2 Å². The summed E-state index contributed by atoms with van der Waals surface area (Å²) < 4.78 is 13.7. The van der Waals surface area contributed by atoms with Gasteiger partial charge in [-0.1, -0.05) is 25.7 Å². The smallest absolute Gasteiger partial charge is 0.224 e. The van der Waals surface area contributed by atoms with Gasteiger partial charge in [-0.25, -0.2) is 4.39 Å². The van der Waals surface area contributed by atoms with Gasteiger partial charge in [0.25, 0.3) is 0 Å². The van der Waals surface area contributed by atoms with Crippen molar-refractivity contribution < 1.29 is 14.3 Å². The molecule has 19 heavy (non-hydrogen) atoms. The highest BCUT2D eigenvalue weighted by atomic mass is 19.1. The molecule has 102 valence electrons. The number of halogens is 1. The molecule has 1 rings (SSSR count). The minimum absolute atomic E-state index is 0.0151. The lowest BCUT2D eigenvalue weighted by molar-refractivity contribution is -0.116. The van der Waals surface area contributed by atoms with Crippen molar-refractivity contribution in [1.29, 1.82) is 0 Å². The van der Waals surface area contributed by atoms with Crippen LogP contribution in [0.4, 0.5) is 10.1 Å². The number of hydrogen-bond donors (Lipinski definition) is 2. The van der Waals surface area contributed by atoms with Crippen molar-refractivity contribution in [3.63, 3.8) is 0 Å². The van der Waals surface area contributed by atoms with Crippen LogP contribution in [-0.2, 0) is 4.79 Å². The van der Waals surface area contributed by atoms with Crippen LogP contribution in [0.25, 0.3) is 0 Å². The fourth-order valence-corrected chi connectivity index (χ4v) is 1.49.